The molecule has 138 valence electrons. The zero-order valence-corrected chi connectivity index (χ0v) is 14.6. The maximum Gasteiger partial charge on any atom is 0.252 e. The quantitative estimate of drug-likeness (QED) is 0.611. The van der Waals surface area contributed by atoms with E-state index in [4.69, 9.17) is 10.00 Å². The third kappa shape index (κ3) is 3.01. The molecule has 1 aliphatic rings. The van der Waals surface area contributed by atoms with E-state index in [0.717, 1.165) is 5.56 Å². The molecule has 4 heterocycles. The number of fused-ring (bicyclic) bond motifs is 1. The first-order valence-corrected chi connectivity index (χ1v) is 8.29. The molecule has 1 amide bonds. The normalized spacial score (nSPS) is 15.3. The number of hydrogen-bond donors (Lipinski definition) is 2. The fraction of sp³-hybridized carbons (Fsp3) is 0.375. The summed E-state index contributed by atoms with van der Waals surface area (Å²) in [7, 11) is 1.44. The molecule has 1 saturated heterocycles. The van der Waals surface area contributed by atoms with Gasteiger partial charge in [0.25, 0.3) is 5.91 Å². The number of rotatable bonds is 6. The lowest BCUT2D eigenvalue weighted by Crippen LogP contribution is -2.60. The fourth-order valence-electron chi connectivity index (χ4n) is 2.99. The Hall–Kier alpha value is -3.36. The minimum absolute atomic E-state index is 0.0809. The molecule has 2 N–H and O–H groups in total. The van der Waals surface area contributed by atoms with E-state index in [1.165, 1.54) is 7.11 Å². The average Bonchev–Trinajstić information content (AvgIpc) is 3.24. The number of anilines is 1. The number of amides is 1. The summed E-state index contributed by atoms with van der Waals surface area (Å²) in [5, 5.41) is 23.6. The van der Waals surface area contributed by atoms with Gasteiger partial charge < -0.3 is 10.1 Å². The van der Waals surface area contributed by atoms with Crippen LogP contribution in [-0.2, 0) is 15.1 Å². The highest BCUT2D eigenvalue weighted by Gasteiger charge is 2.39. The summed E-state index contributed by atoms with van der Waals surface area (Å²) in [5.41, 5.74) is 0.949. The SMILES string of the molecule is COCC(=O)Nc1nc2ccnc(-c3cnn(C4(CC#N)CNC4)c3)n2n1. The highest BCUT2D eigenvalue weighted by molar-refractivity contribution is 5.90. The smallest absolute Gasteiger partial charge is 0.252 e. The monoisotopic (exact) mass is 367 g/mol. The number of aromatic nitrogens is 6. The van der Waals surface area contributed by atoms with Gasteiger partial charge in [-0.05, 0) is 0 Å². The third-order valence-corrected chi connectivity index (χ3v) is 4.42. The van der Waals surface area contributed by atoms with E-state index in [0.29, 0.717) is 31.0 Å². The number of nitrogens with zero attached hydrogens (tertiary/aromatic N) is 7. The Labute approximate surface area is 154 Å². The summed E-state index contributed by atoms with van der Waals surface area (Å²) in [6, 6.07) is 3.92. The van der Waals surface area contributed by atoms with Crippen molar-refractivity contribution in [1.82, 2.24) is 34.7 Å². The van der Waals surface area contributed by atoms with Crippen molar-refractivity contribution in [3.05, 3.63) is 24.7 Å². The predicted octanol–water partition coefficient (Wildman–Crippen LogP) is -0.215. The van der Waals surface area contributed by atoms with Crippen molar-refractivity contribution in [2.24, 2.45) is 0 Å². The topological polar surface area (TPSA) is 135 Å². The standard InChI is InChI=1S/C16H17N9O2/c1-27-8-13(26)22-15-21-12-2-5-19-14(25(12)23-15)11-6-20-24(7-11)16(3-4-17)9-18-10-16/h2,5-7,18H,3,8-10H2,1H3,(H,22,23,26). The average molecular weight is 367 g/mol. The Balaban J connectivity index is 1.67. The molecule has 11 heteroatoms. The first-order chi connectivity index (χ1) is 13.1. The van der Waals surface area contributed by atoms with Gasteiger partial charge in [-0.1, -0.05) is 0 Å². The van der Waals surface area contributed by atoms with Gasteiger partial charge in [0.05, 0.1) is 24.3 Å². The van der Waals surface area contributed by atoms with Gasteiger partial charge in [0.2, 0.25) is 5.95 Å². The molecular formula is C16H17N9O2. The van der Waals surface area contributed by atoms with Crippen molar-refractivity contribution in [3.63, 3.8) is 0 Å². The molecule has 0 radical (unpaired) electrons. The maximum absolute atomic E-state index is 11.7. The van der Waals surface area contributed by atoms with Crippen LogP contribution >= 0.6 is 0 Å². The number of nitrogens with one attached hydrogen (secondary N) is 2. The molecule has 4 rings (SSSR count). The fourth-order valence-corrected chi connectivity index (χ4v) is 2.99. The molecule has 1 aliphatic heterocycles. The van der Waals surface area contributed by atoms with Gasteiger partial charge in [0.1, 0.15) is 12.1 Å². The first kappa shape index (κ1) is 17.1. The Morgan fingerprint density at radius 2 is 2.37 bits per heavy atom. The number of ether oxygens (including phenoxy) is 1. The van der Waals surface area contributed by atoms with Gasteiger partial charge in [0.15, 0.2) is 11.5 Å². The lowest BCUT2D eigenvalue weighted by atomic mass is 9.89. The molecule has 0 aliphatic carbocycles. The molecule has 0 bridgehead atoms. The highest BCUT2D eigenvalue weighted by atomic mass is 16.5. The Morgan fingerprint density at radius 3 is 3.07 bits per heavy atom. The van der Waals surface area contributed by atoms with E-state index in [1.807, 2.05) is 6.20 Å². The van der Waals surface area contributed by atoms with Gasteiger partial charge in [-0.25, -0.2) is 4.98 Å². The molecule has 1 fully saturated rings. The van der Waals surface area contributed by atoms with Gasteiger partial charge in [-0.15, -0.1) is 5.10 Å². The highest BCUT2D eigenvalue weighted by Crippen LogP contribution is 2.27. The number of carbonyl (C=O) groups is 1. The zero-order chi connectivity index (χ0) is 18.9. The van der Waals surface area contributed by atoms with Crippen molar-refractivity contribution in [2.45, 2.75) is 12.0 Å². The van der Waals surface area contributed by atoms with E-state index >= 15 is 0 Å². The Morgan fingerprint density at radius 1 is 1.52 bits per heavy atom. The largest absolute Gasteiger partial charge is 0.375 e. The van der Waals surface area contributed by atoms with Crippen LogP contribution in [0.2, 0.25) is 0 Å². The Bertz CT molecular complexity index is 1030. The summed E-state index contributed by atoms with van der Waals surface area (Å²) in [4.78, 5) is 20.3. The minimum atomic E-state index is -0.341. The van der Waals surface area contributed by atoms with Crippen LogP contribution < -0.4 is 10.6 Å². The second-order valence-corrected chi connectivity index (χ2v) is 6.29. The van der Waals surface area contributed by atoms with Crippen LogP contribution in [0.1, 0.15) is 6.42 Å². The van der Waals surface area contributed by atoms with Crippen molar-refractivity contribution in [1.29, 1.82) is 5.26 Å². The van der Waals surface area contributed by atoms with Gasteiger partial charge in [-0.3, -0.25) is 14.8 Å². The molecule has 3 aromatic heterocycles. The van der Waals surface area contributed by atoms with Crippen LogP contribution in [0.3, 0.4) is 0 Å². The lowest BCUT2D eigenvalue weighted by Gasteiger charge is -2.41. The second kappa shape index (κ2) is 6.75. The third-order valence-electron chi connectivity index (χ3n) is 4.42. The van der Waals surface area contributed by atoms with Crippen LogP contribution in [0.25, 0.3) is 17.0 Å². The summed E-state index contributed by atoms with van der Waals surface area (Å²) in [6.45, 7) is 1.30. The van der Waals surface area contributed by atoms with Crippen molar-refractivity contribution in [2.75, 3.05) is 32.1 Å². The molecule has 0 saturated carbocycles. The summed E-state index contributed by atoms with van der Waals surface area (Å²) >= 11 is 0. The number of nitriles is 1. The van der Waals surface area contributed by atoms with Crippen molar-refractivity contribution in [3.8, 4) is 17.5 Å². The summed E-state index contributed by atoms with van der Waals surface area (Å²) in [5.74, 6) is 0.368. The van der Waals surface area contributed by atoms with Crippen LogP contribution in [0.15, 0.2) is 24.7 Å². The van der Waals surface area contributed by atoms with E-state index in [2.05, 4.69) is 36.9 Å². The maximum atomic E-state index is 11.7. The summed E-state index contributed by atoms with van der Waals surface area (Å²) in [6.07, 6.45) is 5.53. The lowest BCUT2D eigenvalue weighted by molar-refractivity contribution is -0.119. The molecule has 0 spiro atoms. The van der Waals surface area contributed by atoms with E-state index in [-0.39, 0.29) is 24.0 Å². The second-order valence-electron chi connectivity index (χ2n) is 6.29. The van der Waals surface area contributed by atoms with Crippen LogP contribution in [0.5, 0.6) is 0 Å². The van der Waals surface area contributed by atoms with Crippen LogP contribution in [-0.4, -0.2) is 62.1 Å². The number of hydrogen-bond acceptors (Lipinski definition) is 8. The van der Waals surface area contributed by atoms with Crippen molar-refractivity contribution < 1.29 is 9.53 Å². The van der Waals surface area contributed by atoms with E-state index in [9.17, 15) is 4.79 Å². The molecule has 0 atom stereocenters. The van der Waals surface area contributed by atoms with Gasteiger partial charge >= 0.3 is 0 Å². The van der Waals surface area contributed by atoms with Crippen LogP contribution in [0, 0.1) is 11.3 Å². The van der Waals surface area contributed by atoms with Gasteiger partial charge in [-0.2, -0.15) is 19.9 Å². The summed E-state index contributed by atoms with van der Waals surface area (Å²) < 4.78 is 8.14. The molecule has 27 heavy (non-hydrogen) atoms. The molecular weight excluding hydrogens is 350 g/mol. The molecule has 0 unspecified atom stereocenters. The van der Waals surface area contributed by atoms with E-state index < -0.39 is 0 Å². The van der Waals surface area contributed by atoms with Crippen molar-refractivity contribution >= 4 is 17.5 Å². The number of methoxy groups -OCH3 is 1. The number of carbonyl (C=O) groups excluding carboxylic acids is 1. The van der Waals surface area contributed by atoms with E-state index in [1.54, 1.807) is 27.7 Å². The molecule has 3 aromatic rings. The van der Waals surface area contributed by atoms with Gasteiger partial charge in [0, 0.05) is 38.7 Å². The Kier molecular flexibility index (Phi) is 4.27. The van der Waals surface area contributed by atoms with Crippen LogP contribution in [0.4, 0.5) is 5.95 Å². The molecule has 11 nitrogen and oxygen atoms in total. The predicted molar refractivity (Wildman–Crippen MR) is 93.6 cm³/mol. The minimum Gasteiger partial charge on any atom is -0.375 e. The zero-order valence-electron chi connectivity index (χ0n) is 14.6. The first-order valence-electron chi connectivity index (χ1n) is 8.29. The molecule has 0 aromatic carbocycles.